The van der Waals surface area contributed by atoms with E-state index in [0.717, 1.165) is 38.9 Å². The number of hydrogen-bond donors (Lipinski definition) is 0. The summed E-state index contributed by atoms with van der Waals surface area (Å²) in [5.74, 6) is 0.181. The number of aryl methyl sites for hydroxylation is 4. The van der Waals surface area contributed by atoms with E-state index in [1.807, 2.05) is 98.8 Å². The Labute approximate surface area is 223 Å². The fourth-order valence-electron chi connectivity index (χ4n) is 4.40. The zero-order chi connectivity index (χ0) is 26.4. The van der Waals surface area contributed by atoms with E-state index in [1.54, 1.807) is 11.3 Å². The van der Waals surface area contributed by atoms with Gasteiger partial charge in [-0.05, 0) is 61.4 Å². The largest absolute Gasteiger partial charge is 0.289 e. The van der Waals surface area contributed by atoms with Crippen molar-refractivity contribution in [3.05, 3.63) is 153 Å². The van der Waals surface area contributed by atoms with Crippen LogP contribution in [-0.4, -0.2) is 11.6 Å². The summed E-state index contributed by atoms with van der Waals surface area (Å²) in [7, 11) is 0. The van der Waals surface area contributed by atoms with Crippen molar-refractivity contribution in [2.75, 3.05) is 0 Å². The van der Waals surface area contributed by atoms with Gasteiger partial charge in [0.15, 0.2) is 11.6 Å². The number of hydrogen-bond acceptors (Lipinski definition) is 3. The Hall–Kier alpha value is -4.08. The maximum Gasteiger partial charge on any atom is 0.193 e. The van der Waals surface area contributed by atoms with Crippen LogP contribution in [0.2, 0.25) is 0 Å². The number of carbonyl (C=O) groups is 2. The van der Waals surface area contributed by atoms with E-state index in [9.17, 15) is 9.59 Å². The molecule has 0 unspecified atom stereocenters. The van der Waals surface area contributed by atoms with E-state index in [0.29, 0.717) is 0 Å². The van der Waals surface area contributed by atoms with E-state index in [-0.39, 0.29) is 11.6 Å². The first-order chi connectivity index (χ1) is 17.8. The van der Waals surface area contributed by atoms with Crippen LogP contribution in [0.15, 0.2) is 109 Å². The summed E-state index contributed by atoms with van der Waals surface area (Å²) in [5.41, 5.74) is 8.78. The van der Waals surface area contributed by atoms with Gasteiger partial charge in [0.05, 0.1) is 0 Å². The Morgan fingerprint density at radius 3 is 1.51 bits per heavy atom. The van der Waals surface area contributed by atoms with Gasteiger partial charge in [0.1, 0.15) is 0 Å². The van der Waals surface area contributed by atoms with E-state index < -0.39 is 0 Å². The van der Waals surface area contributed by atoms with Gasteiger partial charge < -0.3 is 0 Å². The summed E-state index contributed by atoms with van der Waals surface area (Å²) in [4.78, 5) is 25.9. The van der Waals surface area contributed by atoms with Crippen LogP contribution in [0.3, 0.4) is 0 Å². The highest BCUT2D eigenvalue weighted by Crippen LogP contribution is 2.27. The predicted octanol–water partition coefficient (Wildman–Crippen LogP) is 8.80. The highest BCUT2D eigenvalue weighted by molar-refractivity contribution is 7.13. The lowest BCUT2D eigenvalue weighted by Gasteiger charge is -2.10. The lowest BCUT2D eigenvalue weighted by atomic mass is 9.93. The van der Waals surface area contributed by atoms with Crippen LogP contribution in [0.4, 0.5) is 0 Å². The second-order valence-corrected chi connectivity index (χ2v) is 10.1. The highest BCUT2D eigenvalue weighted by Gasteiger charge is 2.14. The second-order valence-electron chi connectivity index (χ2n) is 9.23. The molecule has 0 spiro atoms. The average Bonchev–Trinajstić information content (AvgIpc) is 3.35. The third-order valence-electron chi connectivity index (χ3n) is 6.14. The summed E-state index contributed by atoms with van der Waals surface area (Å²) in [6, 6.07) is 32.9. The van der Waals surface area contributed by atoms with Crippen LogP contribution < -0.4 is 0 Å². The fraction of sp³-hybridized carbons (Fsp3) is 0.118. The Bertz CT molecular complexity index is 1490. The lowest BCUT2D eigenvalue weighted by Crippen LogP contribution is -2.06. The van der Waals surface area contributed by atoms with Crippen LogP contribution in [0, 0.1) is 27.7 Å². The first-order valence-corrected chi connectivity index (χ1v) is 13.1. The van der Waals surface area contributed by atoms with Gasteiger partial charge in [0.25, 0.3) is 0 Å². The zero-order valence-corrected chi connectivity index (χ0v) is 22.4. The quantitative estimate of drug-likeness (QED) is 0.225. The summed E-state index contributed by atoms with van der Waals surface area (Å²) >= 11 is 1.73. The van der Waals surface area contributed by atoms with Crippen molar-refractivity contribution in [3.63, 3.8) is 0 Å². The molecule has 0 amide bonds. The molecule has 0 N–H and O–H groups in total. The van der Waals surface area contributed by atoms with E-state index in [4.69, 9.17) is 0 Å². The number of carbonyl (C=O) groups excluding carboxylic acids is 2. The number of rotatable bonds is 5. The van der Waals surface area contributed by atoms with Crippen molar-refractivity contribution in [2.24, 2.45) is 0 Å². The standard InChI is InChI=1S/C18H14OS.C16H16O/c1-13-11-17(20-12-13)14-7-9-16(10-8-14)18(19)15-5-3-2-4-6-15;1-11-9-12(2)15(13(3)10-11)16(17)14-7-5-4-6-8-14/h2-12H,1H3;4-10H,1-3H3. The van der Waals surface area contributed by atoms with Crippen molar-refractivity contribution >= 4 is 22.9 Å². The second kappa shape index (κ2) is 11.8. The Morgan fingerprint density at radius 1 is 0.541 bits per heavy atom. The minimum Gasteiger partial charge on any atom is -0.289 e. The van der Waals surface area contributed by atoms with Gasteiger partial charge in [-0.3, -0.25) is 9.59 Å². The average molecular weight is 503 g/mol. The first-order valence-electron chi connectivity index (χ1n) is 12.3. The van der Waals surface area contributed by atoms with E-state index in [1.165, 1.54) is 16.0 Å². The molecule has 1 heterocycles. The molecule has 4 aromatic carbocycles. The number of ketones is 2. The molecule has 0 saturated heterocycles. The molecule has 1 aromatic heterocycles. The first kappa shape index (κ1) is 26.0. The molecule has 0 aliphatic carbocycles. The topological polar surface area (TPSA) is 34.1 Å². The summed E-state index contributed by atoms with van der Waals surface area (Å²) in [6.07, 6.45) is 0. The lowest BCUT2D eigenvalue weighted by molar-refractivity contribution is 0.103. The molecule has 0 bridgehead atoms. The predicted molar refractivity (Wildman–Crippen MR) is 155 cm³/mol. The van der Waals surface area contributed by atoms with Crippen molar-refractivity contribution < 1.29 is 9.59 Å². The molecule has 0 radical (unpaired) electrons. The molecule has 0 aliphatic heterocycles. The van der Waals surface area contributed by atoms with Crippen molar-refractivity contribution in [2.45, 2.75) is 27.7 Å². The van der Waals surface area contributed by atoms with Gasteiger partial charge in [0.2, 0.25) is 0 Å². The maximum absolute atomic E-state index is 12.4. The van der Waals surface area contributed by atoms with Crippen LogP contribution in [-0.2, 0) is 0 Å². The molecule has 0 saturated carbocycles. The normalized spacial score (nSPS) is 10.4. The molecular weight excluding hydrogens is 472 g/mol. The summed E-state index contributed by atoms with van der Waals surface area (Å²) < 4.78 is 0. The van der Waals surface area contributed by atoms with Gasteiger partial charge >= 0.3 is 0 Å². The number of benzene rings is 4. The van der Waals surface area contributed by atoms with Crippen molar-refractivity contribution in [1.29, 1.82) is 0 Å². The van der Waals surface area contributed by atoms with Crippen molar-refractivity contribution in [3.8, 4) is 10.4 Å². The monoisotopic (exact) mass is 502 g/mol. The maximum atomic E-state index is 12.4. The van der Waals surface area contributed by atoms with Gasteiger partial charge in [-0.2, -0.15) is 0 Å². The van der Waals surface area contributed by atoms with E-state index >= 15 is 0 Å². The van der Waals surface area contributed by atoms with Gasteiger partial charge in [-0.15, -0.1) is 11.3 Å². The number of thiophene rings is 1. The molecular formula is C34H30O2S. The van der Waals surface area contributed by atoms with Gasteiger partial charge in [-0.1, -0.05) is 103 Å². The summed E-state index contributed by atoms with van der Waals surface area (Å²) in [6.45, 7) is 8.14. The Balaban J connectivity index is 0.000000176. The molecule has 0 fully saturated rings. The SMILES string of the molecule is Cc1cc(C)c(C(=O)c2ccccc2)c(C)c1.Cc1csc(-c2ccc(C(=O)c3ccccc3)cc2)c1. The van der Waals surface area contributed by atoms with Crippen LogP contribution in [0.5, 0.6) is 0 Å². The third kappa shape index (κ3) is 6.38. The van der Waals surface area contributed by atoms with Crippen LogP contribution >= 0.6 is 11.3 Å². The van der Waals surface area contributed by atoms with Crippen molar-refractivity contribution in [1.82, 2.24) is 0 Å². The molecule has 184 valence electrons. The minimum absolute atomic E-state index is 0.0690. The molecule has 3 heteroatoms. The van der Waals surface area contributed by atoms with E-state index in [2.05, 4.69) is 37.4 Å². The highest BCUT2D eigenvalue weighted by atomic mass is 32.1. The molecule has 2 nitrogen and oxygen atoms in total. The van der Waals surface area contributed by atoms with Gasteiger partial charge in [0, 0.05) is 27.1 Å². The molecule has 5 aromatic rings. The van der Waals surface area contributed by atoms with Crippen LogP contribution in [0.1, 0.15) is 54.1 Å². The van der Waals surface area contributed by atoms with Gasteiger partial charge in [-0.25, -0.2) is 0 Å². The fourth-order valence-corrected chi connectivity index (χ4v) is 5.30. The summed E-state index contributed by atoms with van der Waals surface area (Å²) in [5, 5.41) is 2.14. The molecule has 0 atom stereocenters. The molecule has 5 rings (SSSR count). The Kier molecular flexibility index (Phi) is 8.27. The molecule has 37 heavy (non-hydrogen) atoms. The smallest absolute Gasteiger partial charge is 0.193 e. The zero-order valence-electron chi connectivity index (χ0n) is 21.6. The molecule has 0 aliphatic rings. The minimum atomic E-state index is 0.0690. The Morgan fingerprint density at radius 2 is 1.03 bits per heavy atom. The third-order valence-corrected chi connectivity index (χ3v) is 7.24. The van der Waals surface area contributed by atoms with Crippen LogP contribution in [0.25, 0.3) is 10.4 Å².